The van der Waals surface area contributed by atoms with Crippen LogP contribution in [0.25, 0.3) is 5.69 Å². The highest BCUT2D eigenvalue weighted by atomic mass is 35.5. The average Bonchev–Trinajstić information content (AvgIpc) is 3.52. The van der Waals surface area contributed by atoms with Crippen molar-refractivity contribution in [3.8, 4) is 11.4 Å². The molecule has 206 valence electrons. The Kier molecular flexibility index (Phi) is 7.04. The van der Waals surface area contributed by atoms with Gasteiger partial charge in [0.05, 0.1) is 31.7 Å². The zero-order valence-corrected chi connectivity index (χ0v) is 22.8. The molecule has 0 unspecified atom stereocenters. The van der Waals surface area contributed by atoms with Gasteiger partial charge < -0.3 is 25.0 Å². The van der Waals surface area contributed by atoms with E-state index >= 15 is 0 Å². The number of halogens is 1. The first-order valence-electron chi connectivity index (χ1n) is 12.8. The van der Waals surface area contributed by atoms with Crippen molar-refractivity contribution in [3.05, 3.63) is 99.6 Å². The van der Waals surface area contributed by atoms with Crippen molar-refractivity contribution in [1.82, 2.24) is 25.4 Å². The lowest BCUT2D eigenvalue weighted by molar-refractivity contribution is -0.120. The van der Waals surface area contributed by atoms with Gasteiger partial charge in [0, 0.05) is 21.7 Å². The number of amides is 2. The molecule has 4 aromatic rings. The number of benzene rings is 3. The van der Waals surface area contributed by atoms with E-state index in [9.17, 15) is 14.6 Å². The Bertz CT molecular complexity index is 1710. The average molecular weight is 571 g/mol. The van der Waals surface area contributed by atoms with Crippen molar-refractivity contribution in [3.63, 3.8) is 0 Å². The van der Waals surface area contributed by atoms with Crippen LogP contribution in [0.5, 0.6) is 5.75 Å². The molecule has 3 heterocycles. The van der Waals surface area contributed by atoms with Crippen LogP contribution in [0.15, 0.2) is 65.7 Å². The highest BCUT2D eigenvalue weighted by Crippen LogP contribution is 2.32. The van der Waals surface area contributed by atoms with E-state index in [0.29, 0.717) is 39.2 Å². The van der Waals surface area contributed by atoms with Gasteiger partial charge in [-0.25, -0.2) is 0 Å². The zero-order chi connectivity index (χ0) is 28.7. The maximum Gasteiger partial charge on any atom is 0.491 e. The van der Waals surface area contributed by atoms with Gasteiger partial charge in [0.15, 0.2) is 12.0 Å². The Morgan fingerprint density at radius 3 is 2.73 bits per heavy atom. The lowest BCUT2D eigenvalue weighted by Gasteiger charge is -2.15. The summed E-state index contributed by atoms with van der Waals surface area (Å²) >= 11 is 6.15. The van der Waals surface area contributed by atoms with Crippen LogP contribution in [0, 0.1) is 6.92 Å². The maximum absolute atomic E-state index is 13.1. The fourth-order valence-corrected chi connectivity index (χ4v) is 5.03. The monoisotopic (exact) mass is 570 g/mol. The predicted octanol–water partition coefficient (Wildman–Crippen LogP) is 1.85. The van der Waals surface area contributed by atoms with Gasteiger partial charge in [-0.1, -0.05) is 29.8 Å². The first-order valence-corrected chi connectivity index (χ1v) is 13.1. The second-order valence-electron chi connectivity index (χ2n) is 9.54. The van der Waals surface area contributed by atoms with Crippen LogP contribution in [-0.4, -0.2) is 58.1 Å². The van der Waals surface area contributed by atoms with Crippen molar-refractivity contribution in [2.45, 2.75) is 19.7 Å². The number of hydrogen-bond donors (Lipinski definition) is 3. The first kappa shape index (κ1) is 26.7. The van der Waals surface area contributed by atoms with E-state index in [4.69, 9.17) is 26.0 Å². The Hall–Kier alpha value is -4.52. The minimum atomic E-state index is -0.997. The van der Waals surface area contributed by atoms with Crippen molar-refractivity contribution in [2.75, 3.05) is 13.7 Å². The fourth-order valence-electron chi connectivity index (χ4n) is 4.91. The highest BCUT2D eigenvalue weighted by Gasteiger charge is 2.30. The number of aromatic nitrogens is 3. The molecule has 2 aliphatic rings. The third-order valence-corrected chi connectivity index (χ3v) is 7.20. The minimum absolute atomic E-state index is 0.210. The second-order valence-corrected chi connectivity index (χ2v) is 9.97. The summed E-state index contributed by atoms with van der Waals surface area (Å²) in [5.41, 5.74) is 4.60. The molecule has 41 heavy (non-hydrogen) atoms. The Morgan fingerprint density at radius 1 is 1.15 bits per heavy atom. The van der Waals surface area contributed by atoms with Gasteiger partial charge in [-0.2, -0.15) is 0 Å². The molecule has 11 nitrogen and oxygen atoms in total. The van der Waals surface area contributed by atoms with Gasteiger partial charge in [0.25, 0.3) is 5.91 Å². The zero-order valence-electron chi connectivity index (χ0n) is 22.1. The molecule has 0 radical (unpaired) electrons. The van der Waals surface area contributed by atoms with Crippen LogP contribution in [-0.2, 0) is 16.1 Å². The normalized spacial score (nSPS) is 15.3. The van der Waals surface area contributed by atoms with Gasteiger partial charge in [-0.05, 0) is 60.4 Å². The molecule has 2 amide bonds. The number of methoxy groups -OCH3 is 1. The molecule has 1 aromatic heterocycles. The van der Waals surface area contributed by atoms with Gasteiger partial charge in [0.2, 0.25) is 5.91 Å². The molecule has 13 heteroatoms. The second kappa shape index (κ2) is 10.8. The SMILES string of the molecule is COc1ccc2c(c1)C(c1ccc(Cl)cc1)=N[C@@H](NC(=O)CNC(=O)c1ccc3c(c1)COB3O)c1nnc(C)n1-2. The number of carbonyl (C=O) groups is 2. The van der Waals surface area contributed by atoms with Crippen LogP contribution in [0.2, 0.25) is 5.02 Å². The van der Waals surface area contributed by atoms with Crippen LogP contribution < -0.4 is 20.8 Å². The highest BCUT2D eigenvalue weighted by molar-refractivity contribution is 6.61. The number of aryl methyl sites for hydroxylation is 1. The summed E-state index contributed by atoms with van der Waals surface area (Å²) in [6.45, 7) is 1.73. The minimum Gasteiger partial charge on any atom is -0.497 e. The molecule has 0 saturated carbocycles. The van der Waals surface area contributed by atoms with Crippen LogP contribution in [0.3, 0.4) is 0 Å². The molecule has 0 aliphatic carbocycles. The Morgan fingerprint density at radius 2 is 1.95 bits per heavy atom. The molecule has 1 atom stereocenters. The number of carbonyl (C=O) groups excluding carboxylic acids is 2. The summed E-state index contributed by atoms with van der Waals surface area (Å²) in [6, 6.07) is 17.7. The van der Waals surface area contributed by atoms with Gasteiger partial charge >= 0.3 is 7.12 Å². The Labute approximate surface area is 240 Å². The van der Waals surface area contributed by atoms with Crippen molar-refractivity contribution in [1.29, 1.82) is 0 Å². The Balaban J connectivity index is 1.29. The quantitative estimate of drug-likeness (QED) is 0.301. The topological polar surface area (TPSA) is 140 Å². The van der Waals surface area contributed by atoms with E-state index in [-0.39, 0.29) is 13.2 Å². The number of hydrogen-bond acceptors (Lipinski definition) is 8. The summed E-state index contributed by atoms with van der Waals surface area (Å²) in [5.74, 6) is 0.745. The molecule has 3 aromatic carbocycles. The fraction of sp³-hybridized carbons (Fsp3) is 0.179. The summed E-state index contributed by atoms with van der Waals surface area (Å²) in [7, 11) is 0.591. The molecule has 0 bridgehead atoms. The van der Waals surface area contributed by atoms with Crippen molar-refractivity contribution < 1.29 is 24.0 Å². The van der Waals surface area contributed by atoms with Crippen LogP contribution in [0.1, 0.15) is 44.9 Å². The lowest BCUT2D eigenvalue weighted by atomic mass is 9.79. The number of ether oxygens (including phenoxy) is 1. The van der Waals surface area contributed by atoms with E-state index in [1.165, 1.54) is 0 Å². The third kappa shape index (κ3) is 5.08. The number of nitrogens with zero attached hydrogens (tertiary/aromatic N) is 4. The maximum atomic E-state index is 13.1. The molecular weight excluding hydrogens is 547 g/mol. The number of rotatable bonds is 6. The molecule has 0 fully saturated rings. The predicted molar refractivity (Wildman–Crippen MR) is 152 cm³/mol. The molecule has 6 rings (SSSR count). The summed E-state index contributed by atoms with van der Waals surface area (Å²) in [4.78, 5) is 30.8. The van der Waals surface area contributed by atoms with E-state index in [2.05, 4.69) is 20.8 Å². The van der Waals surface area contributed by atoms with Gasteiger partial charge in [-0.15, -0.1) is 10.2 Å². The first-order chi connectivity index (χ1) is 19.8. The summed E-state index contributed by atoms with van der Waals surface area (Å²) in [6.07, 6.45) is -0.914. The molecule has 0 spiro atoms. The summed E-state index contributed by atoms with van der Waals surface area (Å²) in [5, 5.41) is 24.5. The van der Waals surface area contributed by atoms with Gasteiger partial charge in [0.1, 0.15) is 11.6 Å². The largest absolute Gasteiger partial charge is 0.497 e. The lowest BCUT2D eigenvalue weighted by Crippen LogP contribution is -2.39. The van der Waals surface area contributed by atoms with E-state index in [1.54, 1.807) is 37.4 Å². The number of nitrogens with one attached hydrogen (secondary N) is 2. The molecule has 3 N–H and O–H groups in total. The smallest absolute Gasteiger partial charge is 0.491 e. The van der Waals surface area contributed by atoms with Crippen molar-refractivity contribution >= 4 is 41.7 Å². The molecule has 0 saturated heterocycles. The van der Waals surface area contributed by atoms with E-state index in [1.807, 2.05) is 41.8 Å². The van der Waals surface area contributed by atoms with E-state index in [0.717, 1.165) is 22.4 Å². The van der Waals surface area contributed by atoms with Crippen LogP contribution >= 0.6 is 11.6 Å². The third-order valence-electron chi connectivity index (χ3n) is 6.95. The number of aliphatic imine (C=N–C) groups is 1. The number of fused-ring (bicyclic) bond motifs is 4. The van der Waals surface area contributed by atoms with Gasteiger partial charge in [-0.3, -0.25) is 19.1 Å². The van der Waals surface area contributed by atoms with Crippen molar-refractivity contribution in [2.24, 2.45) is 4.99 Å². The summed E-state index contributed by atoms with van der Waals surface area (Å²) < 4.78 is 12.5. The van der Waals surface area contributed by atoms with E-state index < -0.39 is 25.1 Å². The van der Waals surface area contributed by atoms with Crippen LogP contribution in [0.4, 0.5) is 0 Å². The molecule has 2 aliphatic heterocycles. The molecular formula is C28H24BClN6O5. The standard InChI is InChI=1S/C28H24BClN6O5/c1-15-34-35-27-26(32-24(37)13-31-28(38)17-5-9-22-18(11-17)14-41-29(22)39)33-25(16-3-6-19(30)7-4-16)21-12-20(40-2)8-10-23(21)36(15)27/h3-12,26,39H,13-14H2,1-2H3,(H,31,38)(H,32,37)/t26-/m1/s1.